The van der Waals surface area contributed by atoms with E-state index >= 15 is 0 Å². The lowest BCUT2D eigenvalue weighted by Crippen LogP contribution is -2.26. The molecule has 0 aliphatic rings. The Hall–Kier alpha value is -1.92. The van der Waals surface area contributed by atoms with Crippen LogP contribution in [0.5, 0.6) is 0 Å². The van der Waals surface area contributed by atoms with Gasteiger partial charge in [-0.15, -0.1) is 0 Å². The fraction of sp³-hybridized carbons (Fsp3) is 0.250. The lowest BCUT2D eigenvalue weighted by molar-refractivity contribution is 0.681. The summed E-state index contributed by atoms with van der Waals surface area (Å²) in [5.41, 5.74) is 4.19. The molecule has 3 N–H and O–H groups in total. The number of nitrogens with zero attached hydrogens (tertiary/aromatic N) is 3. The summed E-state index contributed by atoms with van der Waals surface area (Å²) >= 11 is 6.07. The summed E-state index contributed by atoms with van der Waals surface area (Å²) in [4.78, 5) is 20.0. The van der Waals surface area contributed by atoms with Gasteiger partial charge in [0.1, 0.15) is 5.82 Å². The van der Waals surface area contributed by atoms with E-state index in [0.29, 0.717) is 22.2 Å². The number of halogens is 1. The van der Waals surface area contributed by atoms with Gasteiger partial charge in [0, 0.05) is 11.4 Å². The average Bonchev–Trinajstić information content (AvgIpc) is 2.35. The van der Waals surface area contributed by atoms with Gasteiger partial charge in [0.05, 0.1) is 17.3 Å². The molecule has 100 valence electrons. The number of nitrogens with two attached hydrogens (primary N) is 1. The molecule has 0 atom stereocenters. The Labute approximate surface area is 115 Å². The van der Waals surface area contributed by atoms with Crippen molar-refractivity contribution in [2.24, 2.45) is 5.84 Å². The molecular formula is C12H14ClN5O. The van der Waals surface area contributed by atoms with Crippen LogP contribution >= 0.6 is 11.6 Å². The van der Waals surface area contributed by atoms with Crippen LogP contribution in [-0.4, -0.2) is 14.5 Å². The zero-order chi connectivity index (χ0) is 14.0. The summed E-state index contributed by atoms with van der Waals surface area (Å²) in [5.74, 6) is 5.80. The first-order valence-electron chi connectivity index (χ1n) is 5.68. The molecule has 0 aliphatic heterocycles. The SMILES string of the molecule is Cc1cc(C)n(Cc2nc(NN)ccc2Cl)c(=O)n1. The van der Waals surface area contributed by atoms with Crippen molar-refractivity contribution in [2.75, 3.05) is 5.43 Å². The molecule has 2 aromatic heterocycles. The Morgan fingerprint density at radius 2 is 2.11 bits per heavy atom. The number of rotatable bonds is 3. The van der Waals surface area contributed by atoms with Crippen LogP contribution in [0.2, 0.25) is 5.02 Å². The third kappa shape index (κ3) is 2.91. The largest absolute Gasteiger partial charge is 0.348 e. The van der Waals surface area contributed by atoms with Crippen LogP contribution in [0.25, 0.3) is 0 Å². The average molecular weight is 280 g/mol. The van der Waals surface area contributed by atoms with E-state index in [1.807, 2.05) is 13.0 Å². The third-order valence-corrected chi connectivity index (χ3v) is 3.06. The van der Waals surface area contributed by atoms with E-state index in [-0.39, 0.29) is 12.2 Å². The molecule has 0 fully saturated rings. The second kappa shape index (κ2) is 5.38. The van der Waals surface area contributed by atoms with E-state index in [1.165, 1.54) is 4.57 Å². The quantitative estimate of drug-likeness (QED) is 0.652. The first kappa shape index (κ1) is 13.5. The van der Waals surface area contributed by atoms with Crippen molar-refractivity contribution in [1.29, 1.82) is 0 Å². The summed E-state index contributed by atoms with van der Waals surface area (Å²) in [6.07, 6.45) is 0. The number of anilines is 1. The number of nitrogens with one attached hydrogen (secondary N) is 1. The number of aryl methyl sites for hydroxylation is 2. The molecule has 6 nitrogen and oxygen atoms in total. The van der Waals surface area contributed by atoms with E-state index in [4.69, 9.17) is 17.4 Å². The topological polar surface area (TPSA) is 85.8 Å². The summed E-state index contributed by atoms with van der Waals surface area (Å²) in [6.45, 7) is 3.88. The molecule has 0 saturated heterocycles. The molecule has 0 aliphatic carbocycles. The Morgan fingerprint density at radius 1 is 1.37 bits per heavy atom. The molecule has 2 rings (SSSR count). The molecule has 2 aromatic rings. The van der Waals surface area contributed by atoms with Crippen LogP contribution in [0.4, 0.5) is 5.82 Å². The molecule has 2 heterocycles. The predicted molar refractivity (Wildman–Crippen MR) is 74.1 cm³/mol. The van der Waals surface area contributed by atoms with Crippen LogP contribution in [-0.2, 0) is 6.54 Å². The molecule has 7 heteroatoms. The zero-order valence-corrected chi connectivity index (χ0v) is 11.4. The van der Waals surface area contributed by atoms with Gasteiger partial charge in [-0.25, -0.2) is 15.6 Å². The highest BCUT2D eigenvalue weighted by molar-refractivity contribution is 6.31. The molecule has 0 unspecified atom stereocenters. The van der Waals surface area contributed by atoms with Crippen molar-refractivity contribution in [3.05, 3.63) is 50.8 Å². The maximum absolute atomic E-state index is 11.9. The van der Waals surface area contributed by atoms with Gasteiger partial charge in [-0.05, 0) is 32.0 Å². The molecule has 0 radical (unpaired) electrons. The van der Waals surface area contributed by atoms with Gasteiger partial charge >= 0.3 is 5.69 Å². The monoisotopic (exact) mass is 279 g/mol. The number of nitrogen functional groups attached to an aromatic ring is 1. The van der Waals surface area contributed by atoms with Gasteiger partial charge in [-0.3, -0.25) is 4.57 Å². The van der Waals surface area contributed by atoms with Crippen LogP contribution in [0.15, 0.2) is 23.0 Å². The highest BCUT2D eigenvalue weighted by Crippen LogP contribution is 2.17. The molecule has 0 amide bonds. The van der Waals surface area contributed by atoms with Crippen molar-refractivity contribution in [2.45, 2.75) is 20.4 Å². The Morgan fingerprint density at radius 3 is 2.74 bits per heavy atom. The Balaban J connectivity index is 2.44. The van der Waals surface area contributed by atoms with E-state index in [1.54, 1.807) is 19.1 Å². The normalized spacial score (nSPS) is 10.5. The van der Waals surface area contributed by atoms with Crippen molar-refractivity contribution in [3.63, 3.8) is 0 Å². The predicted octanol–water partition coefficient (Wildman–Crippen LogP) is 1.24. The smallest absolute Gasteiger partial charge is 0.308 e. The maximum atomic E-state index is 11.9. The van der Waals surface area contributed by atoms with Gasteiger partial charge in [-0.2, -0.15) is 4.98 Å². The number of hydrogen-bond donors (Lipinski definition) is 2. The molecule has 0 bridgehead atoms. The highest BCUT2D eigenvalue weighted by Gasteiger charge is 2.09. The van der Waals surface area contributed by atoms with Gasteiger partial charge in [0.15, 0.2) is 0 Å². The van der Waals surface area contributed by atoms with Gasteiger partial charge < -0.3 is 5.43 Å². The standard InChI is InChI=1S/C12H14ClN5O/c1-7-5-8(2)18(12(19)15-7)6-10-9(13)3-4-11(16-10)17-14/h3-5H,6,14H2,1-2H3,(H,16,17). The molecule has 0 aromatic carbocycles. The second-order valence-electron chi connectivity index (χ2n) is 4.18. The molecule has 19 heavy (non-hydrogen) atoms. The minimum absolute atomic E-state index is 0.256. The van der Waals surface area contributed by atoms with Gasteiger partial charge in [-0.1, -0.05) is 11.6 Å². The van der Waals surface area contributed by atoms with Crippen LogP contribution in [0, 0.1) is 13.8 Å². The van der Waals surface area contributed by atoms with Crippen molar-refractivity contribution < 1.29 is 0 Å². The van der Waals surface area contributed by atoms with E-state index in [9.17, 15) is 4.79 Å². The first-order valence-corrected chi connectivity index (χ1v) is 6.06. The van der Waals surface area contributed by atoms with Crippen molar-refractivity contribution >= 4 is 17.4 Å². The fourth-order valence-electron chi connectivity index (χ4n) is 1.79. The zero-order valence-electron chi connectivity index (χ0n) is 10.6. The van der Waals surface area contributed by atoms with Gasteiger partial charge in [0.25, 0.3) is 0 Å². The van der Waals surface area contributed by atoms with E-state index in [2.05, 4.69) is 15.4 Å². The Kier molecular flexibility index (Phi) is 3.82. The van der Waals surface area contributed by atoms with Crippen LogP contribution in [0.1, 0.15) is 17.1 Å². The third-order valence-electron chi connectivity index (χ3n) is 2.72. The highest BCUT2D eigenvalue weighted by atomic mass is 35.5. The lowest BCUT2D eigenvalue weighted by Gasteiger charge is -2.11. The minimum atomic E-state index is -0.318. The Bertz CT molecular complexity index is 668. The number of hydrogen-bond acceptors (Lipinski definition) is 5. The number of aromatic nitrogens is 3. The molecule has 0 saturated carbocycles. The number of hydrazine groups is 1. The fourth-order valence-corrected chi connectivity index (χ4v) is 1.96. The second-order valence-corrected chi connectivity index (χ2v) is 4.58. The maximum Gasteiger partial charge on any atom is 0.348 e. The summed E-state index contributed by atoms with van der Waals surface area (Å²) in [7, 11) is 0. The summed E-state index contributed by atoms with van der Waals surface area (Å²) < 4.78 is 1.52. The minimum Gasteiger partial charge on any atom is -0.308 e. The van der Waals surface area contributed by atoms with E-state index in [0.717, 1.165) is 5.69 Å². The molecular weight excluding hydrogens is 266 g/mol. The lowest BCUT2D eigenvalue weighted by atomic mass is 10.3. The van der Waals surface area contributed by atoms with Crippen LogP contribution < -0.4 is 17.0 Å². The van der Waals surface area contributed by atoms with E-state index < -0.39 is 0 Å². The van der Waals surface area contributed by atoms with Crippen molar-refractivity contribution in [1.82, 2.24) is 14.5 Å². The van der Waals surface area contributed by atoms with Crippen molar-refractivity contribution in [3.8, 4) is 0 Å². The first-order chi connectivity index (χ1) is 9.01. The van der Waals surface area contributed by atoms with Gasteiger partial charge in [0.2, 0.25) is 0 Å². The number of pyridine rings is 1. The summed E-state index contributed by atoms with van der Waals surface area (Å²) in [6, 6.07) is 5.18. The molecule has 0 spiro atoms. The summed E-state index contributed by atoms with van der Waals surface area (Å²) in [5, 5.41) is 0.478. The van der Waals surface area contributed by atoms with Crippen LogP contribution in [0.3, 0.4) is 0 Å².